The van der Waals surface area contributed by atoms with Crippen molar-refractivity contribution in [2.75, 3.05) is 6.61 Å². The zero-order valence-electron chi connectivity index (χ0n) is 24.1. The Morgan fingerprint density at radius 2 is 1.10 bits per heavy atom. The summed E-state index contributed by atoms with van der Waals surface area (Å²) in [6.07, 6.45) is 0.00151. The summed E-state index contributed by atoms with van der Waals surface area (Å²) in [7, 11) is 0. The smallest absolute Gasteiger partial charge is 0.116 e. The first-order valence-corrected chi connectivity index (χ1v) is 14.5. The van der Waals surface area contributed by atoms with Crippen molar-refractivity contribution < 1.29 is 19.3 Å². The van der Waals surface area contributed by atoms with Gasteiger partial charge in [0.25, 0.3) is 0 Å². The molecule has 3 atom stereocenters. The van der Waals surface area contributed by atoms with Crippen LogP contribution in [-0.2, 0) is 40.6 Å². The Bertz CT molecular complexity index is 1460. The molecule has 0 aliphatic rings. The van der Waals surface area contributed by atoms with Gasteiger partial charge in [0.1, 0.15) is 18.3 Å². The van der Waals surface area contributed by atoms with Crippen LogP contribution in [0.4, 0.5) is 0 Å². The second-order valence-corrected chi connectivity index (χ2v) is 10.6. The van der Waals surface area contributed by atoms with Crippen LogP contribution in [0.3, 0.4) is 0 Å². The van der Waals surface area contributed by atoms with Crippen LogP contribution in [0.5, 0.6) is 0 Å². The third kappa shape index (κ3) is 8.51. The van der Waals surface area contributed by atoms with Crippen LogP contribution in [0.25, 0.3) is 0 Å². The molecule has 0 saturated heterocycles. The number of benzene rings is 4. The molecule has 5 heteroatoms. The second-order valence-electron chi connectivity index (χ2n) is 10.6. The number of rotatable bonds is 15. The van der Waals surface area contributed by atoms with Gasteiger partial charge < -0.3 is 23.9 Å². The van der Waals surface area contributed by atoms with Crippen LogP contribution in [0.2, 0.25) is 0 Å². The Labute approximate surface area is 248 Å². The lowest BCUT2D eigenvalue weighted by Crippen LogP contribution is -2.39. The molecule has 0 bridgehead atoms. The van der Waals surface area contributed by atoms with E-state index in [1.54, 1.807) is 0 Å². The number of aromatic nitrogens is 1. The SMILES string of the molecule is Cc1cc([C@@H](OCc2ccccc2)[C@@H](OCc2ccccc2)[C@H](O)COCc2ccccc2)cn1Cc1ccccc1. The van der Waals surface area contributed by atoms with E-state index in [0.717, 1.165) is 34.5 Å². The zero-order valence-corrected chi connectivity index (χ0v) is 24.1. The van der Waals surface area contributed by atoms with Crippen LogP contribution in [0.1, 0.15) is 39.6 Å². The van der Waals surface area contributed by atoms with Gasteiger partial charge in [-0.05, 0) is 35.2 Å². The molecule has 0 saturated carbocycles. The van der Waals surface area contributed by atoms with E-state index in [-0.39, 0.29) is 6.61 Å². The minimum atomic E-state index is -0.920. The molecule has 5 rings (SSSR count). The number of hydrogen-bond donors (Lipinski definition) is 1. The molecule has 4 aromatic carbocycles. The Morgan fingerprint density at radius 1 is 0.619 bits per heavy atom. The van der Waals surface area contributed by atoms with Gasteiger partial charge in [-0.25, -0.2) is 0 Å². The van der Waals surface area contributed by atoms with Crippen LogP contribution in [0.15, 0.2) is 134 Å². The van der Waals surface area contributed by atoms with E-state index < -0.39 is 18.3 Å². The molecule has 1 heterocycles. The highest BCUT2D eigenvalue weighted by molar-refractivity contribution is 5.25. The number of nitrogens with zero attached hydrogens (tertiary/aromatic N) is 1. The lowest BCUT2D eigenvalue weighted by molar-refractivity contribution is -0.149. The highest BCUT2D eigenvalue weighted by Gasteiger charge is 2.33. The molecular weight excluding hydrogens is 522 g/mol. The average molecular weight is 562 g/mol. The summed E-state index contributed by atoms with van der Waals surface area (Å²) in [5.41, 5.74) is 6.42. The summed E-state index contributed by atoms with van der Waals surface area (Å²) in [6, 6.07) is 42.6. The van der Waals surface area contributed by atoms with Crippen molar-refractivity contribution in [3.63, 3.8) is 0 Å². The topological polar surface area (TPSA) is 52.9 Å². The first kappa shape index (κ1) is 29.5. The second kappa shape index (κ2) is 15.3. The standard InChI is InChI=1S/C37H39NO4/c1-29-22-34(24-38(29)23-30-14-6-2-7-15-30)36(41-26-32-18-10-4-11-19-32)37(42-27-33-20-12-5-13-21-33)35(39)28-40-25-31-16-8-3-9-17-31/h2-22,24,35-37,39H,23,25-28H2,1H3/t35-,36-,37+/m1/s1. The molecule has 1 N–H and O–H groups in total. The molecule has 5 nitrogen and oxygen atoms in total. The van der Waals surface area contributed by atoms with Gasteiger partial charge in [-0.2, -0.15) is 0 Å². The fraction of sp³-hybridized carbons (Fsp3) is 0.243. The van der Waals surface area contributed by atoms with Gasteiger partial charge in [-0.15, -0.1) is 0 Å². The molecule has 0 unspecified atom stereocenters. The summed E-state index contributed by atoms with van der Waals surface area (Å²) in [4.78, 5) is 0. The molecule has 0 aliphatic carbocycles. The fourth-order valence-electron chi connectivity index (χ4n) is 5.02. The van der Waals surface area contributed by atoms with Gasteiger partial charge in [0.05, 0.1) is 26.4 Å². The minimum Gasteiger partial charge on any atom is -0.388 e. The largest absolute Gasteiger partial charge is 0.388 e. The highest BCUT2D eigenvalue weighted by atomic mass is 16.6. The number of aryl methyl sites for hydroxylation is 1. The molecular formula is C37H39NO4. The molecule has 0 spiro atoms. The molecule has 1 aromatic heterocycles. The highest BCUT2D eigenvalue weighted by Crippen LogP contribution is 2.30. The summed E-state index contributed by atoms with van der Waals surface area (Å²) >= 11 is 0. The van der Waals surface area contributed by atoms with E-state index in [4.69, 9.17) is 14.2 Å². The quantitative estimate of drug-likeness (QED) is 0.146. The minimum absolute atomic E-state index is 0.114. The Kier molecular flexibility index (Phi) is 10.7. The number of ether oxygens (including phenoxy) is 3. The van der Waals surface area contributed by atoms with Crippen LogP contribution in [0, 0.1) is 6.92 Å². The lowest BCUT2D eigenvalue weighted by atomic mass is 10.0. The van der Waals surface area contributed by atoms with Crippen molar-refractivity contribution in [2.24, 2.45) is 0 Å². The van der Waals surface area contributed by atoms with E-state index in [2.05, 4.69) is 48.0 Å². The van der Waals surface area contributed by atoms with E-state index in [1.807, 2.05) is 97.1 Å². The maximum absolute atomic E-state index is 11.6. The first-order chi connectivity index (χ1) is 20.7. The zero-order chi connectivity index (χ0) is 29.0. The van der Waals surface area contributed by atoms with Gasteiger partial charge in [-0.3, -0.25) is 0 Å². The monoisotopic (exact) mass is 561 g/mol. The van der Waals surface area contributed by atoms with Crippen molar-refractivity contribution in [1.29, 1.82) is 0 Å². The third-order valence-corrected chi connectivity index (χ3v) is 7.29. The van der Waals surface area contributed by atoms with Gasteiger partial charge in [0.2, 0.25) is 0 Å². The van der Waals surface area contributed by atoms with E-state index in [1.165, 1.54) is 5.56 Å². The van der Waals surface area contributed by atoms with Crippen molar-refractivity contribution in [2.45, 2.75) is 51.6 Å². The first-order valence-electron chi connectivity index (χ1n) is 14.5. The van der Waals surface area contributed by atoms with Crippen molar-refractivity contribution in [3.8, 4) is 0 Å². The molecule has 42 heavy (non-hydrogen) atoms. The molecule has 5 aromatic rings. The van der Waals surface area contributed by atoms with E-state index in [9.17, 15) is 5.11 Å². The van der Waals surface area contributed by atoms with Crippen molar-refractivity contribution >= 4 is 0 Å². The van der Waals surface area contributed by atoms with E-state index in [0.29, 0.717) is 19.8 Å². The predicted molar refractivity (Wildman–Crippen MR) is 166 cm³/mol. The molecule has 0 fully saturated rings. The molecule has 0 amide bonds. The third-order valence-electron chi connectivity index (χ3n) is 7.29. The van der Waals surface area contributed by atoms with Gasteiger partial charge in [0.15, 0.2) is 0 Å². The fourth-order valence-corrected chi connectivity index (χ4v) is 5.02. The summed E-state index contributed by atoms with van der Waals surface area (Å²) in [5.74, 6) is 0. The molecule has 0 aliphatic heterocycles. The number of aliphatic hydroxyl groups excluding tert-OH is 1. The Morgan fingerprint density at radius 3 is 1.64 bits per heavy atom. The van der Waals surface area contributed by atoms with Crippen molar-refractivity contribution in [1.82, 2.24) is 4.57 Å². The predicted octanol–water partition coefficient (Wildman–Crippen LogP) is 7.27. The van der Waals surface area contributed by atoms with E-state index >= 15 is 0 Å². The summed E-state index contributed by atoms with van der Waals surface area (Å²) < 4.78 is 21.3. The average Bonchev–Trinajstić information content (AvgIpc) is 3.39. The Hall–Kier alpha value is -4.00. The van der Waals surface area contributed by atoms with Gasteiger partial charge in [-0.1, -0.05) is 121 Å². The lowest BCUT2D eigenvalue weighted by Gasteiger charge is -2.31. The van der Waals surface area contributed by atoms with Crippen LogP contribution in [-0.4, -0.2) is 28.5 Å². The summed E-state index contributed by atoms with van der Waals surface area (Å²) in [5, 5.41) is 11.6. The molecule has 0 radical (unpaired) electrons. The normalized spacial score (nSPS) is 13.5. The number of hydrogen-bond acceptors (Lipinski definition) is 4. The maximum Gasteiger partial charge on any atom is 0.116 e. The van der Waals surface area contributed by atoms with Crippen molar-refractivity contribution in [3.05, 3.63) is 167 Å². The number of aliphatic hydroxyl groups is 1. The van der Waals surface area contributed by atoms with Gasteiger partial charge >= 0.3 is 0 Å². The maximum atomic E-state index is 11.6. The van der Waals surface area contributed by atoms with Crippen LogP contribution >= 0.6 is 0 Å². The van der Waals surface area contributed by atoms with Gasteiger partial charge in [0, 0.05) is 24.0 Å². The summed E-state index contributed by atoms with van der Waals surface area (Å²) in [6.45, 7) is 4.10. The molecule has 216 valence electrons. The van der Waals surface area contributed by atoms with Crippen LogP contribution < -0.4 is 0 Å². The Balaban J connectivity index is 1.41.